The first-order valence-corrected chi connectivity index (χ1v) is 5.44. The van der Waals surface area contributed by atoms with Gasteiger partial charge in [-0.1, -0.05) is 25.1 Å². The Morgan fingerprint density at radius 1 is 1.25 bits per heavy atom. The lowest BCUT2D eigenvalue weighted by Crippen LogP contribution is -2.06. The van der Waals surface area contributed by atoms with Crippen molar-refractivity contribution in [3.05, 3.63) is 42.5 Å². The van der Waals surface area contributed by atoms with E-state index in [0.717, 1.165) is 24.5 Å². The van der Waals surface area contributed by atoms with Crippen molar-refractivity contribution < 1.29 is 4.74 Å². The van der Waals surface area contributed by atoms with Crippen LogP contribution in [0.4, 0.5) is 0 Å². The summed E-state index contributed by atoms with van der Waals surface area (Å²) in [5, 5.41) is 7.92. The number of hydrogen-bond donors (Lipinski definition) is 0. The molecule has 0 radical (unpaired) electrons. The molecule has 1 aromatic heterocycles. The van der Waals surface area contributed by atoms with Gasteiger partial charge in [0.1, 0.15) is 18.7 Å². The molecule has 4 heteroatoms. The van der Waals surface area contributed by atoms with Crippen molar-refractivity contribution in [3.8, 4) is 5.75 Å². The standard InChI is InChI=1S/C12H15N3O/c1-2-8-15-10-13-14-12(15)9-16-11-6-4-3-5-7-11/h3-7,10H,2,8-9H2,1H3. The van der Waals surface area contributed by atoms with E-state index in [1.807, 2.05) is 34.9 Å². The molecule has 0 aliphatic carbocycles. The molecular formula is C12H15N3O. The van der Waals surface area contributed by atoms with E-state index >= 15 is 0 Å². The number of aromatic nitrogens is 3. The highest BCUT2D eigenvalue weighted by molar-refractivity contribution is 5.20. The highest BCUT2D eigenvalue weighted by Crippen LogP contribution is 2.10. The molecule has 2 aromatic rings. The monoisotopic (exact) mass is 217 g/mol. The molecule has 2 rings (SSSR count). The zero-order chi connectivity index (χ0) is 11.2. The first-order valence-electron chi connectivity index (χ1n) is 5.44. The molecule has 0 amide bonds. The molecule has 0 fully saturated rings. The topological polar surface area (TPSA) is 39.9 Å². The molecular weight excluding hydrogens is 202 g/mol. The van der Waals surface area contributed by atoms with E-state index in [1.165, 1.54) is 0 Å². The van der Waals surface area contributed by atoms with E-state index in [2.05, 4.69) is 17.1 Å². The second-order valence-corrected chi connectivity index (χ2v) is 3.54. The Labute approximate surface area is 94.9 Å². The van der Waals surface area contributed by atoms with Gasteiger partial charge in [-0.25, -0.2) is 0 Å². The summed E-state index contributed by atoms with van der Waals surface area (Å²) in [6.07, 6.45) is 2.81. The van der Waals surface area contributed by atoms with Gasteiger partial charge in [-0.3, -0.25) is 0 Å². The van der Waals surface area contributed by atoms with Gasteiger partial charge in [0, 0.05) is 6.54 Å². The summed E-state index contributed by atoms with van der Waals surface area (Å²) in [7, 11) is 0. The fourth-order valence-electron chi connectivity index (χ4n) is 1.48. The van der Waals surface area contributed by atoms with Crippen LogP contribution in [0.2, 0.25) is 0 Å². The first-order chi connectivity index (χ1) is 7.90. The Hall–Kier alpha value is -1.84. The molecule has 0 saturated heterocycles. The number of ether oxygens (including phenoxy) is 1. The van der Waals surface area contributed by atoms with Crippen LogP contribution in [0.5, 0.6) is 5.75 Å². The number of aryl methyl sites for hydroxylation is 1. The number of para-hydroxylation sites is 1. The summed E-state index contributed by atoms with van der Waals surface area (Å²) in [5.41, 5.74) is 0. The summed E-state index contributed by atoms with van der Waals surface area (Å²) >= 11 is 0. The van der Waals surface area contributed by atoms with E-state index in [4.69, 9.17) is 4.74 Å². The van der Waals surface area contributed by atoms with Gasteiger partial charge in [-0.05, 0) is 18.6 Å². The van der Waals surface area contributed by atoms with Gasteiger partial charge in [0.2, 0.25) is 0 Å². The van der Waals surface area contributed by atoms with Crippen LogP contribution in [0.3, 0.4) is 0 Å². The Kier molecular flexibility index (Phi) is 3.53. The van der Waals surface area contributed by atoms with E-state index in [-0.39, 0.29) is 0 Å². The van der Waals surface area contributed by atoms with Gasteiger partial charge < -0.3 is 9.30 Å². The van der Waals surface area contributed by atoms with Crippen LogP contribution in [-0.2, 0) is 13.2 Å². The normalized spacial score (nSPS) is 10.3. The zero-order valence-electron chi connectivity index (χ0n) is 9.34. The maximum absolute atomic E-state index is 5.61. The maximum atomic E-state index is 5.61. The quantitative estimate of drug-likeness (QED) is 0.771. The van der Waals surface area contributed by atoms with E-state index in [1.54, 1.807) is 6.33 Å². The summed E-state index contributed by atoms with van der Waals surface area (Å²) in [5.74, 6) is 1.72. The minimum atomic E-state index is 0.462. The third kappa shape index (κ3) is 2.59. The molecule has 0 spiro atoms. The molecule has 84 valence electrons. The van der Waals surface area contributed by atoms with Crippen LogP contribution in [0.1, 0.15) is 19.2 Å². The lowest BCUT2D eigenvalue weighted by atomic mass is 10.3. The summed E-state index contributed by atoms with van der Waals surface area (Å²) in [6, 6.07) is 9.73. The van der Waals surface area contributed by atoms with Crippen LogP contribution < -0.4 is 4.74 Å². The van der Waals surface area contributed by atoms with Crippen molar-refractivity contribution in [1.82, 2.24) is 14.8 Å². The molecule has 16 heavy (non-hydrogen) atoms. The smallest absolute Gasteiger partial charge is 0.170 e. The van der Waals surface area contributed by atoms with E-state index in [0.29, 0.717) is 6.61 Å². The minimum Gasteiger partial charge on any atom is -0.486 e. The van der Waals surface area contributed by atoms with Crippen molar-refractivity contribution in [2.75, 3.05) is 0 Å². The number of nitrogens with zero attached hydrogens (tertiary/aromatic N) is 3. The van der Waals surface area contributed by atoms with Gasteiger partial charge in [0.15, 0.2) is 5.82 Å². The Morgan fingerprint density at radius 2 is 2.06 bits per heavy atom. The third-order valence-electron chi connectivity index (χ3n) is 2.27. The molecule has 1 aromatic carbocycles. The van der Waals surface area contributed by atoms with Crippen LogP contribution >= 0.6 is 0 Å². The lowest BCUT2D eigenvalue weighted by molar-refractivity contribution is 0.288. The number of rotatable bonds is 5. The number of benzene rings is 1. The van der Waals surface area contributed by atoms with Gasteiger partial charge >= 0.3 is 0 Å². The fourth-order valence-corrected chi connectivity index (χ4v) is 1.48. The Morgan fingerprint density at radius 3 is 2.81 bits per heavy atom. The van der Waals surface area contributed by atoms with Crippen molar-refractivity contribution in [2.24, 2.45) is 0 Å². The highest BCUT2D eigenvalue weighted by Gasteiger charge is 2.03. The maximum Gasteiger partial charge on any atom is 0.170 e. The predicted octanol–water partition coefficient (Wildman–Crippen LogP) is 2.27. The lowest BCUT2D eigenvalue weighted by Gasteiger charge is -2.06. The third-order valence-corrected chi connectivity index (χ3v) is 2.27. The van der Waals surface area contributed by atoms with E-state index in [9.17, 15) is 0 Å². The Bertz CT molecular complexity index is 425. The molecule has 0 aliphatic heterocycles. The van der Waals surface area contributed by atoms with Crippen molar-refractivity contribution >= 4 is 0 Å². The van der Waals surface area contributed by atoms with Crippen molar-refractivity contribution in [1.29, 1.82) is 0 Å². The fraction of sp³-hybridized carbons (Fsp3) is 0.333. The molecule has 0 atom stereocenters. The SMILES string of the molecule is CCCn1cnnc1COc1ccccc1. The van der Waals surface area contributed by atoms with Gasteiger partial charge in [-0.2, -0.15) is 0 Å². The first kappa shape index (κ1) is 10.7. The molecule has 0 saturated carbocycles. The molecule has 4 nitrogen and oxygen atoms in total. The predicted molar refractivity (Wildman–Crippen MR) is 61.1 cm³/mol. The highest BCUT2D eigenvalue weighted by atomic mass is 16.5. The second kappa shape index (κ2) is 5.30. The van der Waals surface area contributed by atoms with Gasteiger partial charge in [-0.15, -0.1) is 10.2 Å². The Balaban J connectivity index is 1.97. The molecule has 0 bridgehead atoms. The summed E-state index contributed by atoms with van der Waals surface area (Å²) in [6.45, 7) is 3.52. The molecule has 0 aliphatic rings. The summed E-state index contributed by atoms with van der Waals surface area (Å²) < 4.78 is 7.63. The minimum absolute atomic E-state index is 0.462. The van der Waals surface area contributed by atoms with Crippen LogP contribution in [0.25, 0.3) is 0 Å². The van der Waals surface area contributed by atoms with Crippen molar-refractivity contribution in [3.63, 3.8) is 0 Å². The van der Waals surface area contributed by atoms with Crippen LogP contribution in [0.15, 0.2) is 36.7 Å². The molecule has 0 N–H and O–H groups in total. The second-order valence-electron chi connectivity index (χ2n) is 3.54. The largest absolute Gasteiger partial charge is 0.486 e. The van der Waals surface area contributed by atoms with Gasteiger partial charge in [0.25, 0.3) is 0 Å². The zero-order valence-corrected chi connectivity index (χ0v) is 9.34. The average molecular weight is 217 g/mol. The average Bonchev–Trinajstić information content (AvgIpc) is 2.76. The van der Waals surface area contributed by atoms with Gasteiger partial charge in [0.05, 0.1) is 0 Å². The van der Waals surface area contributed by atoms with Crippen molar-refractivity contribution in [2.45, 2.75) is 26.5 Å². The number of hydrogen-bond acceptors (Lipinski definition) is 3. The molecule has 0 unspecified atom stereocenters. The van der Waals surface area contributed by atoms with Crippen LogP contribution in [0, 0.1) is 0 Å². The van der Waals surface area contributed by atoms with Crippen LogP contribution in [-0.4, -0.2) is 14.8 Å². The molecule has 1 heterocycles. The summed E-state index contributed by atoms with van der Waals surface area (Å²) in [4.78, 5) is 0. The van der Waals surface area contributed by atoms with E-state index < -0.39 is 0 Å².